The summed E-state index contributed by atoms with van der Waals surface area (Å²) in [6.07, 6.45) is 10.5. The lowest BCUT2D eigenvalue weighted by molar-refractivity contribution is -1.06. The second kappa shape index (κ2) is 13.9. The third-order valence-corrected chi connectivity index (χ3v) is 11.7. The zero-order chi connectivity index (χ0) is 30.7. The van der Waals surface area contributed by atoms with Crippen molar-refractivity contribution in [3.63, 3.8) is 0 Å². The van der Waals surface area contributed by atoms with Gasteiger partial charge in [0.1, 0.15) is 23.7 Å². The maximum Gasteiger partial charge on any atom is 0.238 e. The molecule has 1 amide bonds. The van der Waals surface area contributed by atoms with Gasteiger partial charge in [0.2, 0.25) is 5.91 Å². The van der Waals surface area contributed by atoms with Crippen molar-refractivity contribution in [2.45, 2.75) is 130 Å². The Hall–Kier alpha value is -1.76. The standard InChI is InChI=1S/C36H61N5O/c1-10-13-25(4)18-19-37-22-31(35(42)39-30-16-14-29(11-2)15-17-30)33-21-36(8)32(12-3)26(5)20-34(41(33,36)9)40-23-27(6)38-28(7)24-40/h14-17,22,25-28,31-34,38H,10-13,18-21,23-24H2,1-9H3/p+1. The summed E-state index contributed by atoms with van der Waals surface area (Å²) in [6, 6.07) is 9.53. The number of anilines is 1. The first-order valence-electron chi connectivity index (χ1n) is 17.2. The van der Waals surface area contributed by atoms with Crippen molar-refractivity contribution in [2.75, 3.05) is 32.0 Å². The van der Waals surface area contributed by atoms with E-state index in [0.717, 1.165) is 49.1 Å². The number of quaternary nitrogens is 1. The van der Waals surface area contributed by atoms with Gasteiger partial charge in [-0.3, -0.25) is 14.7 Å². The number of benzene rings is 1. The Morgan fingerprint density at radius 1 is 1.14 bits per heavy atom. The van der Waals surface area contributed by atoms with E-state index in [0.29, 0.717) is 36.0 Å². The molecule has 2 N–H and O–H groups in total. The highest BCUT2D eigenvalue weighted by Crippen LogP contribution is 2.60. The summed E-state index contributed by atoms with van der Waals surface area (Å²) >= 11 is 0. The van der Waals surface area contributed by atoms with Gasteiger partial charge in [-0.2, -0.15) is 0 Å². The van der Waals surface area contributed by atoms with E-state index in [-0.39, 0.29) is 23.4 Å². The average molecular weight is 581 g/mol. The number of hydrogen-bond donors (Lipinski definition) is 2. The molecule has 0 bridgehead atoms. The normalized spacial score (nSPS) is 36.7. The molecule has 0 spiro atoms. The predicted octanol–water partition coefficient (Wildman–Crippen LogP) is 6.75. The summed E-state index contributed by atoms with van der Waals surface area (Å²) < 4.78 is 0.959. The first kappa shape index (κ1) is 33.1. The van der Waals surface area contributed by atoms with Crippen LogP contribution in [0.15, 0.2) is 29.3 Å². The van der Waals surface area contributed by atoms with Gasteiger partial charge in [-0.05, 0) is 69.6 Å². The molecule has 1 aromatic rings. The van der Waals surface area contributed by atoms with Gasteiger partial charge in [0.15, 0.2) is 0 Å². The van der Waals surface area contributed by atoms with Crippen molar-refractivity contribution >= 4 is 17.8 Å². The fourth-order valence-corrected chi connectivity index (χ4v) is 9.39. The number of amides is 1. The average Bonchev–Trinajstić information content (AvgIpc) is 2.94. The van der Waals surface area contributed by atoms with Crippen LogP contribution in [0, 0.1) is 23.7 Å². The summed E-state index contributed by atoms with van der Waals surface area (Å²) in [5, 5.41) is 7.07. The zero-order valence-electron chi connectivity index (χ0n) is 28.3. The van der Waals surface area contributed by atoms with Crippen LogP contribution in [0.2, 0.25) is 0 Å². The number of aliphatic imine (C=N–C) groups is 1. The van der Waals surface area contributed by atoms with Gasteiger partial charge < -0.3 is 15.1 Å². The first-order chi connectivity index (χ1) is 20.0. The SMILES string of the molecule is CCCC(C)CCN=CC(C(=O)Nc1ccc(CC)cc1)C1CC2(C)C(CC)C(C)CC(N3CC(C)NC(C)C3)[N+]12C. The van der Waals surface area contributed by atoms with Gasteiger partial charge in [0.05, 0.1) is 13.5 Å². The molecule has 236 valence electrons. The summed E-state index contributed by atoms with van der Waals surface area (Å²) in [6.45, 7) is 21.7. The number of fused-ring (bicyclic) bond motifs is 1. The van der Waals surface area contributed by atoms with E-state index in [1.807, 2.05) is 0 Å². The summed E-state index contributed by atoms with van der Waals surface area (Å²) in [7, 11) is 2.50. The third kappa shape index (κ3) is 6.51. The molecule has 10 unspecified atom stereocenters. The number of piperidine rings is 1. The van der Waals surface area contributed by atoms with Gasteiger partial charge in [-0.1, -0.05) is 59.6 Å². The molecule has 0 aliphatic carbocycles. The van der Waals surface area contributed by atoms with Crippen molar-refractivity contribution in [1.82, 2.24) is 10.2 Å². The van der Waals surface area contributed by atoms with E-state index in [1.54, 1.807) is 0 Å². The van der Waals surface area contributed by atoms with Crippen LogP contribution in [-0.4, -0.2) is 78.0 Å². The number of carbonyl (C=O) groups excluding carboxylic acids is 1. The number of carbonyl (C=O) groups is 1. The Balaban J connectivity index is 1.66. The fourth-order valence-electron chi connectivity index (χ4n) is 9.39. The number of piperazine rings is 1. The fraction of sp³-hybridized carbons (Fsp3) is 0.778. The Morgan fingerprint density at radius 2 is 1.81 bits per heavy atom. The van der Waals surface area contributed by atoms with Gasteiger partial charge in [-0.15, -0.1) is 0 Å². The second-order valence-electron chi connectivity index (χ2n) is 14.7. The second-order valence-corrected chi connectivity index (χ2v) is 14.7. The van der Waals surface area contributed by atoms with Gasteiger partial charge in [0, 0.05) is 56.0 Å². The van der Waals surface area contributed by atoms with Crippen molar-refractivity contribution in [3.05, 3.63) is 29.8 Å². The lowest BCUT2D eigenvalue weighted by Gasteiger charge is -2.74. The minimum atomic E-state index is -0.249. The molecule has 6 nitrogen and oxygen atoms in total. The van der Waals surface area contributed by atoms with Gasteiger partial charge >= 0.3 is 0 Å². The molecule has 3 aliphatic rings. The first-order valence-corrected chi connectivity index (χ1v) is 17.2. The third-order valence-electron chi connectivity index (χ3n) is 11.7. The van der Waals surface area contributed by atoms with Gasteiger partial charge in [0.25, 0.3) is 0 Å². The number of aryl methyl sites for hydroxylation is 1. The van der Waals surface area contributed by atoms with Crippen molar-refractivity contribution < 1.29 is 9.28 Å². The van der Waals surface area contributed by atoms with E-state index in [9.17, 15) is 4.79 Å². The minimum Gasteiger partial charge on any atom is -0.325 e. The highest BCUT2D eigenvalue weighted by molar-refractivity contribution is 6.02. The predicted molar refractivity (Wildman–Crippen MR) is 178 cm³/mol. The minimum absolute atomic E-state index is 0.100. The highest BCUT2D eigenvalue weighted by atomic mass is 16.2. The molecule has 3 saturated heterocycles. The smallest absolute Gasteiger partial charge is 0.238 e. The summed E-state index contributed by atoms with van der Waals surface area (Å²) in [5.74, 6) is 1.86. The Labute approximate surface area is 257 Å². The van der Waals surface area contributed by atoms with Crippen molar-refractivity contribution in [1.29, 1.82) is 0 Å². The number of rotatable bonds is 12. The van der Waals surface area contributed by atoms with E-state index < -0.39 is 0 Å². The molecule has 6 heteroatoms. The molecule has 0 saturated carbocycles. The summed E-state index contributed by atoms with van der Waals surface area (Å²) in [4.78, 5) is 22.0. The molecule has 3 fully saturated rings. The lowest BCUT2D eigenvalue weighted by atomic mass is 9.57. The molecule has 3 heterocycles. The van der Waals surface area contributed by atoms with Crippen molar-refractivity contribution in [2.24, 2.45) is 28.7 Å². The summed E-state index contributed by atoms with van der Waals surface area (Å²) in [5.41, 5.74) is 2.33. The van der Waals surface area contributed by atoms with Crippen molar-refractivity contribution in [3.8, 4) is 0 Å². The van der Waals surface area contributed by atoms with E-state index in [1.165, 1.54) is 31.2 Å². The maximum atomic E-state index is 14.2. The lowest BCUT2D eigenvalue weighted by Crippen LogP contribution is -2.88. The number of hydrogen-bond acceptors (Lipinski definition) is 4. The molecule has 4 rings (SSSR count). The molecule has 10 atom stereocenters. The van der Waals surface area contributed by atoms with Crippen LogP contribution in [0.3, 0.4) is 0 Å². The largest absolute Gasteiger partial charge is 0.325 e. The molecular weight excluding hydrogens is 518 g/mol. The Kier molecular flexibility index (Phi) is 11.0. The quantitative estimate of drug-likeness (QED) is 0.212. The van der Waals surface area contributed by atoms with E-state index in [2.05, 4.69) is 108 Å². The van der Waals surface area contributed by atoms with Crippen LogP contribution in [-0.2, 0) is 11.2 Å². The molecule has 1 aromatic carbocycles. The van der Waals surface area contributed by atoms with Gasteiger partial charge in [-0.25, -0.2) is 0 Å². The molecular formula is C36H62N5O+. The Bertz CT molecular complexity index is 1050. The van der Waals surface area contributed by atoms with Crippen LogP contribution >= 0.6 is 0 Å². The topological polar surface area (TPSA) is 56.7 Å². The van der Waals surface area contributed by atoms with Crippen LogP contribution in [0.4, 0.5) is 5.69 Å². The van der Waals surface area contributed by atoms with Crippen LogP contribution in [0.1, 0.15) is 99.5 Å². The van der Waals surface area contributed by atoms with Crippen LogP contribution in [0.5, 0.6) is 0 Å². The number of nitrogens with one attached hydrogen (secondary N) is 2. The molecule has 0 aromatic heterocycles. The molecule has 42 heavy (non-hydrogen) atoms. The van der Waals surface area contributed by atoms with E-state index >= 15 is 0 Å². The van der Waals surface area contributed by atoms with E-state index in [4.69, 9.17) is 4.99 Å². The highest BCUT2D eigenvalue weighted by Gasteiger charge is 2.72. The molecule has 3 aliphatic heterocycles. The monoisotopic (exact) mass is 580 g/mol. The molecule has 0 radical (unpaired) electrons. The van der Waals surface area contributed by atoms with Crippen LogP contribution in [0.25, 0.3) is 0 Å². The zero-order valence-corrected chi connectivity index (χ0v) is 28.3. The maximum absolute atomic E-state index is 14.2. The number of nitrogens with zero attached hydrogens (tertiary/aromatic N) is 3. The van der Waals surface area contributed by atoms with Crippen LogP contribution < -0.4 is 10.6 Å². The Morgan fingerprint density at radius 3 is 2.40 bits per heavy atom.